The van der Waals surface area contributed by atoms with Crippen LogP contribution in [-0.4, -0.2) is 39.0 Å². The number of hydrogen-bond acceptors (Lipinski definition) is 7. The summed E-state index contributed by atoms with van der Waals surface area (Å²) in [5, 5.41) is 14.3. The molecule has 0 N–H and O–H groups in total. The van der Waals surface area contributed by atoms with Crippen LogP contribution in [0.2, 0.25) is 0 Å². The molecular weight excluding hydrogens is 829 g/mol. The maximum Gasteiger partial charge on any atom is 0.417 e. The molecule has 0 radical (unpaired) electrons. The van der Waals surface area contributed by atoms with Gasteiger partial charge in [0.25, 0.3) is 0 Å². The zero-order valence-electron chi connectivity index (χ0n) is 34.3. The Morgan fingerprint density at radius 1 is 0.453 bits per heavy atom. The number of para-hydroxylation sites is 2. The second kappa shape index (κ2) is 14.6. The lowest BCUT2D eigenvalue weighted by Gasteiger charge is -2.21. The first-order chi connectivity index (χ1) is 30.6. The first-order valence-electron chi connectivity index (χ1n) is 19.9. The van der Waals surface area contributed by atoms with Crippen molar-refractivity contribution in [3.63, 3.8) is 0 Å². The highest BCUT2D eigenvalue weighted by molar-refractivity contribution is 6.12. The Kier molecular flexibility index (Phi) is 9.12. The summed E-state index contributed by atoms with van der Waals surface area (Å²) in [6.07, 6.45) is -10.2. The number of aryl methyl sites for hydroxylation is 4. The van der Waals surface area contributed by atoms with Gasteiger partial charge in [0, 0.05) is 32.7 Å². The fourth-order valence-electron chi connectivity index (χ4n) is 8.67. The van der Waals surface area contributed by atoms with Gasteiger partial charge in [-0.25, -0.2) is 29.9 Å². The van der Waals surface area contributed by atoms with Crippen LogP contribution in [-0.2, 0) is 12.4 Å². The van der Waals surface area contributed by atoms with Gasteiger partial charge in [0.2, 0.25) is 0 Å². The molecule has 15 heteroatoms. The molecule has 0 amide bonds. The van der Waals surface area contributed by atoms with E-state index in [1.807, 2.05) is 84.9 Å². The summed E-state index contributed by atoms with van der Waals surface area (Å²) in [5.41, 5.74) is 0.824. The standard InChI is InChI=1S/C49H31F6N9/c1-25-57-26(2)60-46(59-25)29-13-17-42-36(19-29)34-9-5-7-11-40(34)63(42)44-21-31(33-16-15-32(48(50,51)52)23-39(33)49(53,54)55)22-45(38(44)24-56)64-41-12-8-6-10-35(41)37-20-30(14-18-43(37)64)47-61-27(3)58-28(4)62-47/h5-23H,1-4H3. The second-order valence-electron chi connectivity index (χ2n) is 15.4. The highest BCUT2D eigenvalue weighted by Crippen LogP contribution is 2.45. The van der Waals surface area contributed by atoms with E-state index in [4.69, 9.17) is 0 Å². The molecule has 0 unspecified atom stereocenters. The Bertz CT molecular complexity index is 3380. The Labute approximate surface area is 360 Å². The van der Waals surface area contributed by atoms with Crippen LogP contribution in [0.5, 0.6) is 0 Å². The third-order valence-corrected chi connectivity index (χ3v) is 11.2. The normalized spacial score (nSPS) is 12.2. The predicted molar refractivity (Wildman–Crippen MR) is 232 cm³/mol. The van der Waals surface area contributed by atoms with E-state index in [0.717, 1.165) is 27.6 Å². The van der Waals surface area contributed by atoms with E-state index in [9.17, 15) is 18.4 Å². The molecule has 314 valence electrons. The summed E-state index contributed by atoms with van der Waals surface area (Å²) in [6, 6.07) is 32.8. The van der Waals surface area contributed by atoms with Crippen LogP contribution in [0.4, 0.5) is 26.3 Å². The number of nitriles is 1. The maximum atomic E-state index is 15.0. The number of aromatic nitrogens is 8. The zero-order valence-corrected chi connectivity index (χ0v) is 34.3. The largest absolute Gasteiger partial charge is 0.417 e. The summed E-state index contributed by atoms with van der Waals surface area (Å²) in [6.45, 7) is 7.07. The topological polar surface area (TPSA) is 111 Å². The monoisotopic (exact) mass is 859 g/mol. The number of fused-ring (bicyclic) bond motifs is 6. The SMILES string of the molecule is Cc1nc(C)nc(-c2ccc3c(c2)c2ccccc2n3-c2cc(-c3ccc(C(F)(F)F)cc3C(F)(F)F)cc(-n3c4ccccc4c4cc(-c5nc(C)nc(C)n5)ccc43)c2C#N)n1. The molecule has 0 aliphatic carbocycles. The first-order valence-corrected chi connectivity index (χ1v) is 19.9. The van der Waals surface area contributed by atoms with Crippen LogP contribution < -0.4 is 0 Å². The molecular formula is C49H31F6N9. The minimum atomic E-state index is -5.19. The van der Waals surface area contributed by atoms with Crippen molar-refractivity contribution in [1.82, 2.24) is 39.0 Å². The molecule has 10 rings (SSSR count). The number of alkyl halides is 6. The summed E-state index contributed by atoms with van der Waals surface area (Å²) in [7, 11) is 0. The van der Waals surface area contributed by atoms with Gasteiger partial charge >= 0.3 is 12.4 Å². The summed E-state index contributed by atoms with van der Waals surface area (Å²) < 4.78 is 90.7. The van der Waals surface area contributed by atoms with E-state index in [-0.39, 0.29) is 28.6 Å². The molecule has 4 aromatic heterocycles. The van der Waals surface area contributed by atoms with Gasteiger partial charge < -0.3 is 9.13 Å². The van der Waals surface area contributed by atoms with E-state index >= 15 is 13.2 Å². The van der Waals surface area contributed by atoms with Crippen molar-refractivity contribution >= 4 is 43.6 Å². The Balaban J connectivity index is 1.32. The summed E-state index contributed by atoms with van der Waals surface area (Å²) in [4.78, 5) is 26.8. The predicted octanol–water partition coefficient (Wildman–Crippen LogP) is 12.4. The lowest BCUT2D eigenvalue weighted by atomic mass is 9.94. The van der Waals surface area contributed by atoms with Gasteiger partial charge in [-0.2, -0.15) is 31.6 Å². The number of hydrogen-bond donors (Lipinski definition) is 0. The Morgan fingerprint density at radius 2 is 0.891 bits per heavy atom. The lowest BCUT2D eigenvalue weighted by molar-refractivity contribution is -0.142. The molecule has 0 bridgehead atoms. The van der Waals surface area contributed by atoms with Crippen molar-refractivity contribution in [2.45, 2.75) is 40.0 Å². The van der Waals surface area contributed by atoms with Crippen LogP contribution in [0.25, 0.3) is 88.9 Å². The van der Waals surface area contributed by atoms with Gasteiger partial charge in [0.1, 0.15) is 34.9 Å². The molecule has 10 aromatic rings. The number of nitrogens with zero attached hydrogens (tertiary/aromatic N) is 9. The lowest BCUT2D eigenvalue weighted by Crippen LogP contribution is -2.12. The average molecular weight is 860 g/mol. The fraction of sp³-hybridized carbons (Fsp3) is 0.122. The van der Waals surface area contributed by atoms with E-state index in [1.54, 1.807) is 36.8 Å². The molecule has 0 fully saturated rings. The van der Waals surface area contributed by atoms with Crippen molar-refractivity contribution in [3.8, 4) is 51.3 Å². The smallest absolute Gasteiger partial charge is 0.308 e. The quantitative estimate of drug-likeness (QED) is 0.158. The molecule has 0 spiro atoms. The van der Waals surface area contributed by atoms with Crippen LogP contribution in [0.3, 0.4) is 0 Å². The maximum absolute atomic E-state index is 15.0. The Hall–Kier alpha value is -7.99. The van der Waals surface area contributed by atoms with E-state index in [1.165, 1.54) is 12.1 Å². The minimum Gasteiger partial charge on any atom is -0.308 e. The highest BCUT2D eigenvalue weighted by Gasteiger charge is 2.39. The van der Waals surface area contributed by atoms with E-state index < -0.39 is 29.0 Å². The van der Waals surface area contributed by atoms with E-state index in [2.05, 4.69) is 36.0 Å². The molecule has 6 aromatic carbocycles. The number of benzene rings is 6. The van der Waals surface area contributed by atoms with E-state index in [0.29, 0.717) is 74.2 Å². The number of rotatable bonds is 5. The summed E-state index contributed by atoms with van der Waals surface area (Å²) in [5.74, 6) is 3.03. The molecule has 64 heavy (non-hydrogen) atoms. The second-order valence-corrected chi connectivity index (χ2v) is 15.4. The fourth-order valence-corrected chi connectivity index (χ4v) is 8.67. The van der Waals surface area contributed by atoms with Crippen LogP contribution >= 0.6 is 0 Å². The average Bonchev–Trinajstić information content (AvgIpc) is 3.76. The molecule has 0 aliphatic rings. The minimum absolute atomic E-state index is 0.0672. The van der Waals surface area contributed by atoms with Gasteiger partial charge in [-0.05, 0) is 112 Å². The molecule has 0 saturated heterocycles. The van der Waals surface area contributed by atoms with Gasteiger partial charge in [-0.15, -0.1) is 0 Å². The van der Waals surface area contributed by atoms with Gasteiger partial charge in [-0.3, -0.25) is 0 Å². The zero-order chi connectivity index (χ0) is 44.8. The van der Waals surface area contributed by atoms with Gasteiger partial charge in [0.05, 0.1) is 44.6 Å². The number of halogens is 6. The van der Waals surface area contributed by atoms with Crippen molar-refractivity contribution < 1.29 is 26.3 Å². The summed E-state index contributed by atoms with van der Waals surface area (Å²) >= 11 is 0. The van der Waals surface area contributed by atoms with Crippen molar-refractivity contribution in [2.75, 3.05) is 0 Å². The Morgan fingerprint density at radius 3 is 1.31 bits per heavy atom. The van der Waals surface area contributed by atoms with Crippen molar-refractivity contribution in [1.29, 1.82) is 5.26 Å². The molecule has 4 heterocycles. The van der Waals surface area contributed by atoms with Crippen molar-refractivity contribution in [2.24, 2.45) is 0 Å². The van der Waals surface area contributed by atoms with Crippen LogP contribution in [0, 0.1) is 39.0 Å². The highest BCUT2D eigenvalue weighted by atomic mass is 19.4. The third-order valence-electron chi connectivity index (χ3n) is 11.2. The van der Waals surface area contributed by atoms with Gasteiger partial charge in [0.15, 0.2) is 11.6 Å². The molecule has 0 aliphatic heterocycles. The first kappa shape index (κ1) is 40.1. The van der Waals surface area contributed by atoms with Gasteiger partial charge in [-0.1, -0.05) is 42.5 Å². The van der Waals surface area contributed by atoms with Crippen molar-refractivity contribution in [3.05, 3.63) is 155 Å². The molecule has 0 atom stereocenters. The van der Waals surface area contributed by atoms with Crippen LogP contribution in [0.15, 0.2) is 115 Å². The van der Waals surface area contributed by atoms with Crippen LogP contribution in [0.1, 0.15) is 40.0 Å². The molecule has 9 nitrogen and oxygen atoms in total. The third kappa shape index (κ3) is 6.66. The molecule has 0 saturated carbocycles.